The van der Waals surface area contributed by atoms with Gasteiger partial charge in [-0.3, -0.25) is 10.1 Å². The van der Waals surface area contributed by atoms with Crippen LogP contribution in [0, 0.1) is 10.1 Å². The summed E-state index contributed by atoms with van der Waals surface area (Å²) in [5, 5.41) is 13.1. The molecule has 14 heteroatoms. The van der Waals surface area contributed by atoms with Gasteiger partial charge in [0.25, 0.3) is 14.0 Å². The molecule has 0 saturated heterocycles. The second kappa shape index (κ2) is 27.3. The molecule has 0 unspecified atom stereocenters. The lowest BCUT2D eigenvalue weighted by atomic mass is 10.2. The highest BCUT2D eigenvalue weighted by Gasteiger charge is 2.50. The van der Waals surface area contributed by atoms with Crippen molar-refractivity contribution in [2.45, 2.75) is 25.8 Å². The van der Waals surface area contributed by atoms with E-state index in [0.717, 1.165) is 0 Å². The summed E-state index contributed by atoms with van der Waals surface area (Å²) in [6, 6.07) is 27.1. The summed E-state index contributed by atoms with van der Waals surface area (Å²) in [6.45, 7) is 15.2. The van der Waals surface area contributed by atoms with Gasteiger partial charge in [0.1, 0.15) is 12.4 Å². The second-order valence-electron chi connectivity index (χ2n) is 13.0. The zero-order valence-electron chi connectivity index (χ0n) is 32.2. The Kier molecular flexibility index (Phi) is 22.8. The summed E-state index contributed by atoms with van der Waals surface area (Å²) in [7, 11) is -2.55. The number of rotatable bonds is 32. The predicted molar refractivity (Wildman–Crippen MR) is 209 cm³/mol. The molecule has 0 aliphatic heterocycles. The van der Waals surface area contributed by atoms with Crippen LogP contribution in [0.15, 0.2) is 84.9 Å². The average Bonchev–Trinajstić information content (AvgIpc) is 3.17. The van der Waals surface area contributed by atoms with Crippen molar-refractivity contribution in [3.63, 3.8) is 0 Å². The molecule has 3 rings (SSSR count). The molecule has 0 aliphatic rings. The number of ether oxygens (including phenoxy) is 9. The molecule has 0 aromatic heterocycles. The Balaban J connectivity index is 1.04. The van der Waals surface area contributed by atoms with Crippen molar-refractivity contribution >= 4 is 24.4 Å². The minimum absolute atomic E-state index is 0.0260. The smallest absolute Gasteiger partial charge is 0.269 e. The fraction of sp³-hybridized carbons (Fsp3) is 0.550. The molecule has 3 aromatic carbocycles. The lowest BCUT2D eigenvalue weighted by Crippen LogP contribution is -2.66. The van der Waals surface area contributed by atoms with Gasteiger partial charge in [-0.25, -0.2) is 0 Å². The summed E-state index contributed by atoms with van der Waals surface area (Å²) in [5.41, 5.74) is 0.0260. The number of hydrogen-bond donors (Lipinski definition) is 0. The van der Waals surface area contributed by atoms with Gasteiger partial charge in [-0.1, -0.05) is 81.4 Å². The second-order valence-corrected chi connectivity index (χ2v) is 17.3. The van der Waals surface area contributed by atoms with Crippen LogP contribution >= 0.6 is 0 Å². The fourth-order valence-corrected chi connectivity index (χ4v) is 10.1. The standard InChI is InChI=1S/C40H59NO12Si/c1-40(2,3)54(38-10-6-4-7-11-38,39-12-8-5-9-13-39)53-35-33-51-31-29-49-27-25-47-23-21-45-19-18-44-20-22-46-24-26-48-28-30-50-32-34-52-37-16-14-36(15-17-37)41(42)43/h4-17H,18-35H2,1-3H3. The molecule has 0 fully saturated rings. The number of hydrogen-bond acceptors (Lipinski definition) is 12. The molecular weight excluding hydrogens is 715 g/mol. The molecule has 0 heterocycles. The summed E-state index contributed by atoms with van der Waals surface area (Å²) in [4.78, 5) is 10.2. The minimum Gasteiger partial charge on any atom is -0.491 e. The van der Waals surface area contributed by atoms with E-state index in [1.54, 1.807) is 12.1 Å². The van der Waals surface area contributed by atoms with Crippen LogP contribution in [0.25, 0.3) is 0 Å². The molecule has 0 spiro atoms. The first kappa shape index (κ1) is 45.1. The van der Waals surface area contributed by atoms with E-state index in [9.17, 15) is 10.1 Å². The minimum atomic E-state index is -2.55. The number of nitrogens with zero attached hydrogens (tertiary/aromatic N) is 1. The molecular formula is C40H59NO12Si. The highest BCUT2D eigenvalue weighted by molar-refractivity contribution is 6.99. The summed E-state index contributed by atoms with van der Waals surface area (Å²) >= 11 is 0. The molecule has 0 N–H and O–H groups in total. The first-order valence-corrected chi connectivity index (χ1v) is 20.5. The van der Waals surface area contributed by atoms with Gasteiger partial charge >= 0.3 is 0 Å². The third-order valence-electron chi connectivity index (χ3n) is 8.11. The van der Waals surface area contributed by atoms with Gasteiger partial charge in [0.05, 0.1) is 117 Å². The fourth-order valence-electron chi connectivity index (χ4n) is 5.54. The molecule has 300 valence electrons. The van der Waals surface area contributed by atoms with Crippen LogP contribution in [-0.2, 0) is 42.3 Å². The van der Waals surface area contributed by atoms with Crippen LogP contribution in [0.4, 0.5) is 5.69 Å². The number of non-ortho nitro benzene ring substituents is 1. The Morgan fingerprint density at radius 2 is 0.778 bits per heavy atom. The molecule has 54 heavy (non-hydrogen) atoms. The first-order chi connectivity index (χ1) is 26.3. The van der Waals surface area contributed by atoms with Crippen LogP contribution in [0.1, 0.15) is 20.8 Å². The van der Waals surface area contributed by atoms with E-state index in [-0.39, 0.29) is 10.7 Å². The van der Waals surface area contributed by atoms with E-state index in [1.165, 1.54) is 22.5 Å². The third-order valence-corrected chi connectivity index (χ3v) is 13.2. The topological polar surface area (TPSA) is 135 Å². The molecule has 0 radical (unpaired) electrons. The van der Waals surface area contributed by atoms with E-state index < -0.39 is 13.2 Å². The normalized spacial score (nSPS) is 11.9. The van der Waals surface area contributed by atoms with Crippen molar-refractivity contribution in [2.24, 2.45) is 0 Å². The molecule has 3 aromatic rings. The van der Waals surface area contributed by atoms with Crippen molar-refractivity contribution < 1.29 is 52.0 Å². The quantitative estimate of drug-likeness (QED) is 0.0377. The number of nitro groups is 1. The van der Waals surface area contributed by atoms with Gasteiger partial charge in [0.2, 0.25) is 0 Å². The van der Waals surface area contributed by atoms with Gasteiger partial charge in [-0.2, -0.15) is 0 Å². The maximum Gasteiger partial charge on any atom is 0.269 e. The van der Waals surface area contributed by atoms with Crippen molar-refractivity contribution in [1.29, 1.82) is 0 Å². The van der Waals surface area contributed by atoms with Crippen LogP contribution in [-0.4, -0.2) is 132 Å². The first-order valence-electron chi connectivity index (χ1n) is 18.6. The van der Waals surface area contributed by atoms with Crippen LogP contribution < -0.4 is 15.1 Å². The number of benzene rings is 3. The van der Waals surface area contributed by atoms with Crippen LogP contribution in [0.2, 0.25) is 5.04 Å². The summed E-state index contributed by atoms with van der Waals surface area (Å²) in [6.07, 6.45) is 0. The van der Waals surface area contributed by atoms with Gasteiger partial charge < -0.3 is 47.1 Å². The Bertz CT molecular complexity index is 1320. The van der Waals surface area contributed by atoms with E-state index >= 15 is 0 Å². The Morgan fingerprint density at radius 1 is 0.463 bits per heavy atom. The van der Waals surface area contributed by atoms with Gasteiger partial charge in [-0.05, 0) is 27.5 Å². The maximum atomic E-state index is 10.7. The summed E-state index contributed by atoms with van der Waals surface area (Å²) in [5.74, 6) is 0.557. The maximum absolute atomic E-state index is 10.7. The predicted octanol–water partition coefficient (Wildman–Crippen LogP) is 4.68. The Hall–Kier alpha value is -3.28. The average molecular weight is 774 g/mol. The Labute approximate surface area is 321 Å². The Morgan fingerprint density at radius 3 is 1.09 bits per heavy atom. The highest BCUT2D eigenvalue weighted by atomic mass is 28.4. The van der Waals surface area contributed by atoms with E-state index in [4.69, 9.17) is 47.1 Å². The van der Waals surface area contributed by atoms with Crippen molar-refractivity contribution in [1.82, 2.24) is 0 Å². The molecule has 0 amide bonds. The molecule has 13 nitrogen and oxygen atoms in total. The number of nitro benzene ring substituents is 1. The largest absolute Gasteiger partial charge is 0.491 e. The van der Waals surface area contributed by atoms with Gasteiger partial charge in [-0.15, -0.1) is 0 Å². The van der Waals surface area contributed by atoms with Crippen LogP contribution in [0.5, 0.6) is 5.75 Å². The van der Waals surface area contributed by atoms with E-state index in [2.05, 4.69) is 69.3 Å². The SMILES string of the molecule is CC(C)(C)[Si](OCCOCCOCCOCCOCCOCCOCCOCCOCCOc1ccc([N+](=O)[O-])cc1)(c1ccccc1)c1ccccc1. The monoisotopic (exact) mass is 773 g/mol. The van der Waals surface area contributed by atoms with Crippen molar-refractivity contribution in [3.05, 3.63) is 95.0 Å². The van der Waals surface area contributed by atoms with Crippen molar-refractivity contribution in [2.75, 3.05) is 119 Å². The molecule has 0 atom stereocenters. The molecule has 0 saturated carbocycles. The third kappa shape index (κ3) is 17.5. The zero-order valence-corrected chi connectivity index (χ0v) is 33.2. The lowest BCUT2D eigenvalue weighted by Gasteiger charge is -2.43. The van der Waals surface area contributed by atoms with Crippen LogP contribution in [0.3, 0.4) is 0 Å². The highest BCUT2D eigenvalue weighted by Crippen LogP contribution is 2.36. The lowest BCUT2D eigenvalue weighted by molar-refractivity contribution is -0.384. The van der Waals surface area contributed by atoms with Gasteiger partial charge in [0.15, 0.2) is 0 Å². The molecule has 0 bridgehead atoms. The van der Waals surface area contributed by atoms with Gasteiger partial charge in [0, 0.05) is 12.1 Å². The van der Waals surface area contributed by atoms with Crippen molar-refractivity contribution in [3.8, 4) is 5.75 Å². The van der Waals surface area contributed by atoms with E-state index in [0.29, 0.717) is 125 Å². The zero-order chi connectivity index (χ0) is 38.6. The molecule has 0 aliphatic carbocycles. The van der Waals surface area contributed by atoms with E-state index in [1.807, 2.05) is 12.1 Å². The summed E-state index contributed by atoms with van der Waals surface area (Å²) < 4.78 is 56.8.